The summed E-state index contributed by atoms with van der Waals surface area (Å²) in [5.41, 5.74) is -0.529. The summed E-state index contributed by atoms with van der Waals surface area (Å²) < 4.78 is 38.0. The molecule has 1 fully saturated rings. The van der Waals surface area contributed by atoms with Crippen molar-refractivity contribution in [3.8, 4) is 11.5 Å². The zero-order chi connectivity index (χ0) is 23.1. The molecule has 1 aliphatic carbocycles. The third-order valence-corrected chi connectivity index (χ3v) is 5.48. The van der Waals surface area contributed by atoms with Crippen molar-refractivity contribution in [1.29, 1.82) is 0 Å². The van der Waals surface area contributed by atoms with Crippen molar-refractivity contribution >= 4 is 18.0 Å². The van der Waals surface area contributed by atoms with Crippen molar-refractivity contribution in [2.75, 3.05) is 7.11 Å². The number of nitrogens with one attached hydrogen (secondary N) is 1. The fourth-order valence-electron chi connectivity index (χ4n) is 3.71. The van der Waals surface area contributed by atoms with Crippen molar-refractivity contribution in [3.63, 3.8) is 0 Å². The summed E-state index contributed by atoms with van der Waals surface area (Å²) in [7, 11) is 1.44. The summed E-state index contributed by atoms with van der Waals surface area (Å²) in [5.74, 6) is -1.97. The molecule has 0 spiro atoms. The molecule has 8 heteroatoms. The maximum atomic E-state index is 13.8. The van der Waals surface area contributed by atoms with Crippen LogP contribution in [0.15, 0.2) is 42.5 Å². The van der Waals surface area contributed by atoms with Gasteiger partial charge in [0.1, 0.15) is 23.8 Å². The van der Waals surface area contributed by atoms with Gasteiger partial charge in [0.2, 0.25) is 5.91 Å². The number of methoxy groups -OCH3 is 1. The van der Waals surface area contributed by atoms with Crippen LogP contribution in [0.25, 0.3) is 6.08 Å². The average Bonchev–Trinajstić information content (AvgIpc) is 2.79. The van der Waals surface area contributed by atoms with Gasteiger partial charge in [0.15, 0.2) is 11.5 Å². The molecule has 2 N–H and O–H groups in total. The van der Waals surface area contributed by atoms with Gasteiger partial charge in [-0.3, -0.25) is 4.79 Å². The van der Waals surface area contributed by atoms with E-state index in [1.807, 2.05) is 0 Å². The molecular weight excluding hydrogens is 420 g/mol. The summed E-state index contributed by atoms with van der Waals surface area (Å²) in [6, 6.07) is 8.00. The SMILES string of the molecule is COc1cc(/C=C/C(=O)NC2(C(=O)O)CCCCC2)ccc1OCc1cc(F)ccc1F. The third-order valence-electron chi connectivity index (χ3n) is 5.48. The van der Waals surface area contributed by atoms with E-state index in [4.69, 9.17) is 9.47 Å². The number of aliphatic carboxylic acids is 1. The number of rotatable bonds is 8. The first-order chi connectivity index (χ1) is 15.3. The smallest absolute Gasteiger partial charge is 0.329 e. The van der Waals surface area contributed by atoms with Crippen LogP contribution >= 0.6 is 0 Å². The molecule has 0 aromatic heterocycles. The van der Waals surface area contributed by atoms with Gasteiger partial charge in [-0.25, -0.2) is 13.6 Å². The molecule has 6 nitrogen and oxygen atoms in total. The number of halogens is 2. The van der Waals surface area contributed by atoms with Crippen LogP contribution in [0.4, 0.5) is 8.78 Å². The lowest BCUT2D eigenvalue weighted by Gasteiger charge is -2.33. The van der Waals surface area contributed by atoms with Crippen molar-refractivity contribution in [1.82, 2.24) is 5.32 Å². The molecule has 32 heavy (non-hydrogen) atoms. The molecule has 0 saturated heterocycles. The number of carbonyl (C=O) groups excluding carboxylic acids is 1. The molecule has 0 atom stereocenters. The van der Waals surface area contributed by atoms with Gasteiger partial charge in [0, 0.05) is 11.6 Å². The maximum Gasteiger partial charge on any atom is 0.329 e. The summed E-state index contributed by atoms with van der Waals surface area (Å²) >= 11 is 0. The van der Waals surface area contributed by atoms with Crippen molar-refractivity contribution in [2.45, 2.75) is 44.2 Å². The highest BCUT2D eigenvalue weighted by Crippen LogP contribution is 2.30. The van der Waals surface area contributed by atoms with Crippen LogP contribution in [-0.4, -0.2) is 29.6 Å². The molecule has 1 amide bonds. The van der Waals surface area contributed by atoms with Crippen LogP contribution < -0.4 is 14.8 Å². The van der Waals surface area contributed by atoms with Gasteiger partial charge in [-0.05, 0) is 54.8 Å². The summed E-state index contributed by atoms with van der Waals surface area (Å²) in [6.45, 7) is -0.186. The normalized spacial score (nSPS) is 15.3. The minimum Gasteiger partial charge on any atom is -0.493 e. The van der Waals surface area contributed by atoms with Crippen LogP contribution in [0.5, 0.6) is 11.5 Å². The molecule has 2 aromatic rings. The molecule has 2 aromatic carbocycles. The number of hydrogen-bond acceptors (Lipinski definition) is 4. The zero-order valence-corrected chi connectivity index (χ0v) is 17.7. The third kappa shape index (κ3) is 5.63. The van der Waals surface area contributed by atoms with E-state index >= 15 is 0 Å². The van der Waals surface area contributed by atoms with Crippen molar-refractivity contribution in [2.24, 2.45) is 0 Å². The second-order valence-corrected chi connectivity index (χ2v) is 7.71. The van der Waals surface area contributed by atoms with Crippen molar-refractivity contribution in [3.05, 3.63) is 65.2 Å². The van der Waals surface area contributed by atoms with Gasteiger partial charge in [0.05, 0.1) is 7.11 Å². The second-order valence-electron chi connectivity index (χ2n) is 7.71. The van der Waals surface area contributed by atoms with Crippen molar-refractivity contribution < 1.29 is 33.0 Å². The average molecular weight is 445 g/mol. The molecule has 0 heterocycles. The van der Waals surface area contributed by atoms with Gasteiger partial charge in [-0.15, -0.1) is 0 Å². The molecule has 170 valence electrons. The Morgan fingerprint density at radius 1 is 1.09 bits per heavy atom. The number of carboxylic acid groups (broad SMARTS) is 1. The first-order valence-corrected chi connectivity index (χ1v) is 10.3. The number of ether oxygens (including phenoxy) is 2. The Kier molecular flexibility index (Phi) is 7.45. The van der Waals surface area contributed by atoms with E-state index in [0.29, 0.717) is 29.9 Å². The number of carbonyl (C=O) groups is 2. The van der Waals surface area contributed by atoms with Crippen LogP contribution in [0.3, 0.4) is 0 Å². The largest absolute Gasteiger partial charge is 0.493 e. The number of hydrogen-bond donors (Lipinski definition) is 2. The lowest BCUT2D eigenvalue weighted by molar-refractivity contribution is -0.148. The topological polar surface area (TPSA) is 84.9 Å². The summed E-state index contributed by atoms with van der Waals surface area (Å²) in [4.78, 5) is 24.0. The van der Waals surface area contributed by atoms with Gasteiger partial charge < -0.3 is 19.9 Å². The molecule has 0 bridgehead atoms. The quantitative estimate of drug-likeness (QED) is 0.586. The summed E-state index contributed by atoms with van der Waals surface area (Å²) in [6.07, 6.45) is 6.11. The van der Waals surface area contributed by atoms with Gasteiger partial charge >= 0.3 is 5.97 Å². The van der Waals surface area contributed by atoms with E-state index in [1.54, 1.807) is 18.2 Å². The summed E-state index contributed by atoms with van der Waals surface area (Å²) in [5, 5.41) is 12.2. The minimum atomic E-state index is -1.22. The molecule has 0 aliphatic heterocycles. The second kappa shape index (κ2) is 10.3. The fourth-order valence-corrected chi connectivity index (χ4v) is 3.71. The minimum absolute atomic E-state index is 0.0720. The molecule has 1 aliphatic rings. The zero-order valence-electron chi connectivity index (χ0n) is 17.7. The van der Waals surface area contributed by atoms with E-state index < -0.39 is 29.0 Å². The fraction of sp³-hybridized carbons (Fsp3) is 0.333. The molecule has 3 rings (SSSR count). The Bertz CT molecular complexity index is 1020. The number of amides is 1. The van der Waals surface area contributed by atoms with Gasteiger partial charge in [-0.1, -0.05) is 25.3 Å². The molecule has 0 radical (unpaired) electrons. The Morgan fingerprint density at radius 3 is 2.53 bits per heavy atom. The highest BCUT2D eigenvalue weighted by molar-refractivity contribution is 5.95. The lowest BCUT2D eigenvalue weighted by atomic mass is 9.81. The van der Waals surface area contributed by atoms with Crippen LogP contribution in [0.2, 0.25) is 0 Å². The van der Waals surface area contributed by atoms with Gasteiger partial charge in [0.25, 0.3) is 0 Å². The van der Waals surface area contributed by atoms with E-state index in [2.05, 4.69) is 5.32 Å². The highest BCUT2D eigenvalue weighted by Gasteiger charge is 2.40. The predicted molar refractivity (Wildman–Crippen MR) is 114 cm³/mol. The Labute approximate surface area is 184 Å². The number of carboxylic acids is 1. The maximum absolute atomic E-state index is 13.8. The Morgan fingerprint density at radius 2 is 1.84 bits per heavy atom. The Balaban J connectivity index is 1.67. The lowest BCUT2D eigenvalue weighted by Crippen LogP contribution is -2.55. The first kappa shape index (κ1) is 23.2. The number of benzene rings is 2. The predicted octanol–water partition coefficient (Wildman–Crippen LogP) is 4.47. The van der Waals surface area contributed by atoms with Crippen LogP contribution in [-0.2, 0) is 16.2 Å². The van der Waals surface area contributed by atoms with E-state index in [1.165, 1.54) is 19.3 Å². The molecular formula is C24H25F2NO5. The van der Waals surface area contributed by atoms with E-state index in [0.717, 1.165) is 37.5 Å². The molecule has 1 saturated carbocycles. The molecule has 0 unspecified atom stereocenters. The standard InChI is InChI=1S/C24H25F2NO5/c1-31-21-13-16(5-9-20(21)32-15-17-14-18(25)7-8-19(17)26)6-10-22(28)27-24(23(29)30)11-3-2-4-12-24/h5-10,13-14H,2-4,11-12,15H2,1H3,(H,27,28)(H,29,30)/b10-6+. The monoisotopic (exact) mass is 445 g/mol. The van der Waals surface area contributed by atoms with E-state index in [-0.39, 0.29) is 12.2 Å². The Hall–Kier alpha value is -3.42. The van der Waals surface area contributed by atoms with Crippen LogP contribution in [0.1, 0.15) is 43.2 Å². The first-order valence-electron chi connectivity index (χ1n) is 10.3. The highest BCUT2D eigenvalue weighted by atomic mass is 19.1. The van der Waals surface area contributed by atoms with Gasteiger partial charge in [-0.2, -0.15) is 0 Å². The van der Waals surface area contributed by atoms with E-state index in [9.17, 15) is 23.5 Å². The van der Waals surface area contributed by atoms with Crippen LogP contribution in [0, 0.1) is 11.6 Å².